The number of sulfonamides is 1. The molecule has 1 fully saturated rings. The molecule has 1 aliphatic rings. The minimum atomic E-state index is -3.79. The molecule has 0 saturated heterocycles. The summed E-state index contributed by atoms with van der Waals surface area (Å²) in [5.41, 5.74) is 2.05. The van der Waals surface area contributed by atoms with Crippen molar-refractivity contribution in [3.63, 3.8) is 0 Å². The van der Waals surface area contributed by atoms with Crippen molar-refractivity contribution < 1.29 is 18.0 Å². The van der Waals surface area contributed by atoms with Crippen LogP contribution in [0.3, 0.4) is 0 Å². The second-order valence-corrected chi connectivity index (χ2v) is 12.5. The summed E-state index contributed by atoms with van der Waals surface area (Å²) in [4.78, 5) is 28.5. The second kappa shape index (κ2) is 12.8. The van der Waals surface area contributed by atoms with Gasteiger partial charge in [-0.15, -0.1) is 0 Å². The summed E-state index contributed by atoms with van der Waals surface area (Å²) in [6, 6.07) is 13.6. The van der Waals surface area contributed by atoms with Gasteiger partial charge in [-0.05, 0) is 55.0 Å². The molecule has 0 radical (unpaired) electrons. The van der Waals surface area contributed by atoms with E-state index in [1.807, 2.05) is 32.0 Å². The van der Waals surface area contributed by atoms with Crippen LogP contribution in [-0.4, -0.2) is 50.0 Å². The molecule has 2 amide bonds. The lowest BCUT2D eigenvalue weighted by Gasteiger charge is -2.33. The lowest BCUT2D eigenvalue weighted by molar-refractivity contribution is -0.139. The fourth-order valence-electron chi connectivity index (χ4n) is 4.78. The quantitative estimate of drug-likeness (QED) is 0.448. The van der Waals surface area contributed by atoms with Crippen molar-refractivity contribution in [3.8, 4) is 0 Å². The van der Waals surface area contributed by atoms with Crippen LogP contribution in [0.5, 0.6) is 0 Å². The van der Waals surface area contributed by atoms with Gasteiger partial charge in [0.15, 0.2) is 0 Å². The molecule has 0 bridgehead atoms. The number of amides is 2. The molecule has 0 aliphatic heterocycles. The highest BCUT2D eigenvalue weighted by molar-refractivity contribution is 7.92. The molecule has 1 atom stereocenters. The number of nitrogens with zero attached hydrogens (tertiary/aromatic N) is 2. The summed E-state index contributed by atoms with van der Waals surface area (Å²) >= 11 is 6.18. The highest BCUT2D eigenvalue weighted by atomic mass is 35.5. The molecule has 37 heavy (non-hydrogen) atoms. The Kier molecular flexibility index (Phi) is 10.0. The molecule has 1 aliphatic carbocycles. The number of benzene rings is 2. The zero-order valence-corrected chi connectivity index (χ0v) is 23.7. The lowest BCUT2D eigenvalue weighted by Crippen LogP contribution is -2.53. The van der Waals surface area contributed by atoms with Crippen LogP contribution in [0, 0.1) is 0 Å². The number of nitrogens with one attached hydrogen (secondary N) is 1. The van der Waals surface area contributed by atoms with Gasteiger partial charge in [-0.2, -0.15) is 0 Å². The first kappa shape index (κ1) is 29.0. The normalized spacial score (nSPS) is 15.3. The predicted molar refractivity (Wildman–Crippen MR) is 149 cm³/mol. The topological polar surface area (TPSA) is 86.8 Å². The van der Waals surface area contributed by atoms with E-state index in [0.29, 0.717) is 10.7 Å². The minimum absolute atomic E-state index is 0.0540. The molecule has 2 aromatic carbocycles. The van der Waals surface area contributed by atoms with Crippen LogP contribution in [0.4, 0.5) is 5.69 Å². The molecule has 2 aromatic rings. The number of anilines is 1. The standard InChI is InChI=1S/C28H38ClN3O4S/c1-20(2)25-15-8-9-16-26(25)32(37(4,35)36)19-27(33)31(18-22-11-10-12-23(29)17-22)21(3)28(34)30-24-13-6-5-7-14-24/h8-12,15-17,20-21,24H,5-7,13-14,18-19H2,1-4H3,(H,30,34)/t21-/m1/s1. The van der Waals surface area contributed by atoms with E-state index < -0.39 is 28.5 Å². The Morgan fingerprint density at radius 1 is 1.03 bits per heavy atom. The molecule has 7 nitrogen and oxygen atoms in total. The van der Waals surface area contributed by atoms with Gasteiger partial charge in [-0.3, -0.25) is 13.9 Å². The fourth-order valence-corrected chi connectivity index (χ4v) is 5.86. The van der Waals surface area contributed by atoms with Gasteiger partial charge in [0.1, 0.15) is 12.6 Å². The van der Waals surface area contributed by atoms with E-state index in [1.165, 1.54) is 11.3 Å². The summed E-state index contributed by atoms with van der Waals surface area (Å²) in [6.45, 7) is 5.36. The van der Waals surface area contributed by atoms with Gasteiger partial charge in [0.05, 0.1) is 11.9 Å². The van der Waals surface area contributed by atoms with Crippen LogP contribution in [0.15, 0.2) is 48.5 Å². The van der Waals surface area contributed by atoms with Crippen LogP contribution in [0.2, 0.25) is 5.02 Å². The Labute approximate surface area is 226 Å². The van der Waals surface area contributed by atoms with E-state index in [4.69, 9.17) is 11.6 Å². The first-order chi connectivity index (χ1) is 17.5. The highest BCUT2D eigenvalue weighted by Crippen LogP contribution is 2.29. The molecule has 9 heteroatoms. The molecule has 0 heterocycles. The maximum absolute atomic E-state index is 13.8. The number of halogens is 1. The number of hydrogen-bond donors (Lipinski definition) is 1. The second-order valence-electron chi connectivity index (χ2n) is 10.2. The van der Waals surface area contributed by atoms with Gasteiger partial charge in [0.25, 0.3) is 0 Å². The SMILES string of the molecule is CC(C)c1ccccc1N(CC(=O)N(Cc1cccc(Cl)c1)[C@H](C)C(=O)NC1CCCCC1)S(C)(=O)=O. The molecule has 0 aromatic heterocycles. The lowest BCUT2D eigenvalue weighted by atomic mass is 9.95. The average molecular weight is 548 g/mol. The predicted octanol–water partition coefficient (Wildman–Crippen LogP) is 5.10. The van der Waals surface area contributed by atoms with Crippen LogP contribution >= 0.6 is 11.6 Å². The number of para-hydroxylation sites is 1. The molecule has 0 spiro atoms. The van der Waals surface area contributed by atoms with Gasteiger partial charge < -0.3 is 10.2 Å². The summed E-state index contributed by atoms with van der Waals surface area (Å²) in [5, 5.41) is 3.62. The smallest absolute Gasteiger partial charge is 0.244 e. The van der Waals surface area contributed by atoms with E-state index in [0.717, 1.165) is 47.4 Å². The van der Waals surface area contributed by atoms with Crippen molar-refractivity contribution in [1.29, 1.82) is 0 Å². The van der Waals surface area contributed by atoms with Crippen LogP contribution in [0.1, 0.15) is 69.9 Å². The largest absolute Gasteiger partial charge is 0.352 e. The van der Waals surface area contributed by atoms with Gasteiger partial charge in [0.2, 0.25) is 21.8 Å². The summed E-state index contributed by atoms with van der Waals surface area (Å²) in [5.74, 6) is -0.649. The number of carbonyl (C=O) groups excluding carboxylic acids is 2. The maximum Gasteiger partial charge on any atom is 0.244 e. The average Bonchev–Trinajstić information content (AvgIpc) is 2.85. The molecule has 0 unspecified atom stereocenters. The Morgan fingerprint density at radius 2 is 1.70 bits per heavy atom. The highest BCUT2D eigenvalue weighted by Gasteiger charge is 2.32. The zero-order valence-electron chi connectivity index (χ0n) is 22.1. The molecule has 1 saturated carbocycles. The zero-order chi connectivity index (χ0) is 27.2. The summed E-state index contributed by atoms with van der Waals surface area (Å²) < 4.78 is 26.9. The first-order valence-corrected chi connectivity index (χ1v) is 15.1. The summed E-state index contributed by atoms with van der Waals surface area (Å²) in [6.07, 6.45) is 6.26. The Bertz CT molecular complexity index is 1200. The fraction of sp³-hybridized carbons (Fsp3) is 0.500. The number of carbonyl (C=O) groups is 2. The van der Waals surface area contributed by atoms with E-state index in [1.54, 1.807) is 37.3 Å². The Balaban J connectivity index is 1.92. The molecular formula is C28H38ClN3O4S. The van der Waals surface area contributed by atoms with Gasteiger partial charge in [-0.1, -0.05) is 75.0 Å². The van der Waals surface area contributed by atoms with Gasteiger partial charge >= 0.3 is 0 Å². The van der Waals surface area contributed by atoms with Crippen molar-refractivity contribution in [3.05, 3.63) is 64.7 Å². The molecule has 1 N–H and O–H groups in total. The van der Waals surface area contributed by atoms with Crippen molar-refractivity contribution in [2.24, 2.45) is 0 Å². The Morgan fingerprint density at radius 3 is 2.32 bits per heavy atom. The molecule has 202 valence electrons. The van der Waals surface area contributed by atoms with Crippen LogP contribution < -0.4 is 9.62 Å². The molecule has 3 rings (SSSR count). The van der Waals surface area contributed by atoms with Gasteiger partial charge in [0, 0.05) is 17.6 Å². The third-order valence-electron chi connectivity index (χ3n) is 6.87. The first-order valence-electron chi connectivity index (χ1n) is 12.9. The Hall–Kier alpha value is -2.58. The van der Waals surface area contributed by atoms with E-state index in [9.17, 15) is 18.0 Å². The van der Waals surface area contributed by atoms with Crippen molar-refractivity contribution in [2.45, 2.75) is 77.4 Å². The monoisotopic (exact) mass is 547 g/mol. The van der Waals surface area contributed by atoms with Crippen LogP contribution in [0.25, 0.3) is 0 Å². The van der Waals surface area contributed by atoms with E-state index in [-0.39, 0.29) is 24.4 Å². The van der Waals surface area contributed by atoms with Crippen molar-refractivity contribution in [2.75, 3.05) is 17.1 Å². The third-order valence-corrected chi connectivity index (χ3v) is 8.23. The summed E-state index contributed by atoms with van der Waals surface area (Å²) in [7, 11) is -3.79. The number of rotatable bonds is 10. The minimum Gasteiger partial charge on any atom is -0.352 e. The van der Waals surface area contributed by atoms with Crippen LogP contribution in [-0.2, 0) is 26.2 Å². The van der Waals surface area contributed by atoms with E-state index in [2.05, 4.69) is 5.32 Å². The van der Waals surface area contributed by atoms with E-state index >= 15 is 0 Å². The number of hydrogen-bond acceptors (Lipinski definition) is 4. The van der Waals surface area contributed by atoms with Crippen molar-refractivity contribution >= 4 is 39.1 Å². The van der Waals surface area contributed by atoms with Crippen molar-refractivity contribution in [1.82, 2.24) is 10.2 Å². The third kappa shape index (κ3) is 7.95. The van der Waals surface area contributed by atoms with Gasteiger partial charge in [-0.25, -0.2) is 8.42 Å². The molecular weight excluding hydrogens is 510 g/mol. The maximum atomic E-state index is 13.8.